The van der Waals surface area contributed by atoms with Crippen LogP contribution >= 0.6 is 0 Å². The van der Waals surface area contributed by atoms with Gasteiger partial charge < -0.3 is 5.11 Å². The van der Waals surface area contributed by atoms with Crippen molar-refractivity contribution in [2.45, 2.75) is 0 Å². The van der Waals surface area contributed by atoms with Crippen LogP contribution in [0.1, 0.15) is 0 Å². The van der Waals surface area contributed by atoms with Crippen molar-refractivity contribution in [2.75, 3.05) is 0 Å². The van der Waals surface area contributed by atoms with Crippen molar-refractivity contribution in [1.82, 2.24) is 0 Å². The summed E-state index contributed by atoms with van der Waals surface area (Å²) in [6, 6.07) is 9.97. The third-order valence-electron chi connectivity index (χ3n) is 2.12. The number of hydrogen-bond acceptors (Lipinski definition) is 1. The fourth-order valence-electron chi connectivity index (χ4n) is 1.33. The van der Waals surface area contributed by atoms with Gasteiger partial charge in [-0.1, -0.05) is 18.2 Å². The van der Waals surface area contributed by atoms with Gasteiger partial charge in [-0.2, -0.15) is 0 Å². The van der Waals surface area contributed by atoms with Crippen molar-refractivity contribution < 1.29 is 13.9 Å². The average molecular weight is 206 g/mol. The number of halogens is 2. The minimum Gasteiger partial charge on any atom is -0.508 e. The quantitative estimate of drug-likeness (QED) is 0.758. The van der Waals surface area contributed by atoms with Crippen molar-refractivity contribution in [3.63, 3.8) is 0 Å². The molecular formula is C12H8F2O. The van der Waals surface area contributed by atoms with Crippen molar-refractivity contribution in [3.8, 4) is 16.9 Å². The van der Waals surface area contributed by atoms with Gasteiger partial charge in [0.15, 0.2) is 11.6 Å². The Morgan fingerprint density at radius 1 is 0.733 bits per heavy atom. The lowest BCUT2D eigenvalue weighted by Crippen LogP contribution is -1.84. The van der Waals surface area contributed by atoms with Gasteiger partial charge in [0.05, 0.1) is 0 Å². The van der Waals surface area contributed by atoms with Gasteiger partial charge in [0, 0.05) is 0 Å². The molecule has 0 heterocycles. The molecule has 15 heavy (non-hydrogen) atoms. The zero-order valence-corrected chi connectivity index (χ0v) is 7.74. The first kappa shape index (κ1) is 9.65. The van der Waals surface area contributed by atoms with Gasteiger partial charge in [-0.15, -0.1) is 0 Å². The van der Waals surface area contributed by atoms with Crippen molar-refractivity contribution in [1.29, 1.82) is 0 Å². The standard InChI is InChI=1S/C12H8F2O/c13-11-6-3-9(7-12(11)14)8-1-4-10(15)5-2-8/h1-7,15H. The summed E-state index contributed by atoms with van der Waals surface area (Å²) in [4.78, 5) is 0. The molecule has 0 unspecified atom stereocenters. The van der Waals surface area contributed by atoms with E-state index in [4.69, 9.17) is 5.11 Å². The lowest BCUT2D eigenvalue weighted by atomic mass is 10.1. The molecule has 1 N–H and O–H groups in total. The van der Waals surface area contributed by atoms with E-state index < -0.39 is 11.6 Å². The Bertz CT molecular complexity index is 477. The second-order valence-electron chi connectivity index (χ2n) is 3.18. The van der Waals surface area contributed by atoms with Crippen LogP contribution in [0.2, 0.25) is 0 Å². The number of phenolic OH excluding ortho intramolecular Hbond substituents is 1. The number of benzene rings is 2. The van der Waals surface area contributed by atoms with Crippen molar-refractivity contribution >= 4 is 0 Å². The molecule has 0 amide bonds. The topological polar surface area (TPSA) is 20.2 Å². The van der Waals surface area contributed by atoms with Crippen LogP contribution in [0.4, 0.5) is 8.78 Å². The van der Waals surface area contributed by atoms with E-state index in [1.165, 1.54) is 18.2 Å². The number of phenols is 1. The Balaban J connectivity index is 2.45. The highest BCUT2D eigenvalue weighted by atomic mass is 19.2. The first-order valence-corrected chi connectivity index (χ1v) is 4.41. The third-order valence-corrected chi connectivity index (χ3v) is 2.12. The molecule has 2 aromatic rings. The molecular weight excluding hydrogens is 198 g/mol. The predicted molar refractivity (Wildman–Crippen MR) is 53.5 cm³/mol. The smallest absolute Gasteiger partial charge is 0.159 e. The first-order valence-electron chi connectivity index (χ1n) is 4.41. The second kappa shape index (κ2) is 3.69. The Labute approximate surface area is 85.6 Å². The average Bonchev–Trinajstić information content (AvgIpc) is 2.23. The van der Waals surface area contributed by atoms with Crippen LogP contribution in [0, 0.1) is 11.6 Å². The van der Waals surface area contributed by atoms with Crippen molar-refractivity contribution in [2.24, 2.45) is 0 Å². The summed E-state index contributed by atoms with van der Waals surface area (Å²) in [7, 11) is 0. The van der Waals surface area contributed by atoms with Crippen LogP contribution in [-0.4, -0.2) is 5.11 Å². The maximum Gasteiger partial charge on any atom is 0.159 e. The maximum atomic E-state index is 12.9. The van der Waals surface area contributed by atoms with Crippen LogP contribution in [0.15, 0.2) is 42.5 Å². The van der Waals surface area contributed by atoms with Crippen LogP contribution in [0.3, 0.4) is 0 Å². The van der Waals surface area contributed by atoms with Crippen LogP contribution in [0.25, 0.3) is 11.1 Å². The summed E-state index contributed by atoms with van der Waals surface area (Å²) in [6.07, 6.45) is 0. The van der Waals surface area contributed by atoms with Gasteiger partial charge in [0.25, 0.3) is 0 Å². The summed E-state index contributed by atoms with van der Waals surface area (Å²) in [6.45, 7) is 0. The Morgan fingerprint density at radius 2 is 1.33 bits per heavy atom. The minimum atomic E-state index is -0.874. The minimum absolute atomic E-state index is 0.140. The van der Waals surface area contributed by atoms with E-state index >= 15 is 0 Å². The van der Waals surface area contributed by atoms with Gasteiger partial charge in [0.2, 0.25) is 0 Å². The SMILES string of the molecule is Oc1ccc(-c2ccc(F)c(F)c2)cc1. The van der Waals surface area contributed by atoms with Crippen molar-refractivity contribution in [3.05, 3.63) is 54.1 Å². The lowest BCUT2D eigenvalue weighted by molar-refractivity contribution is 0.475. The zero-order valence-electron chi connectivity index (χ0n) is 7.74. The molecule has 0 aromatic heterocycles. The van der Waals surface area contributed by atoms with E-state index in [9.17, 15) is 8.78 Å². The molecule has 76 valence electrons. The number of rotatable bonds is 1. The van der Waals surface area contributed by atoms with E-state index in [1.54, 1.807) is 12.1 Å². The second-order valence-corrected chi connectivity index (χ2v) is 3.18. The van der Waals surface area contributed by atoms with Gasteiger partial charge in [-0.05, 0) is 35.4 Å². The summed E-state index contributed by atoms with van der Waals surface area (Å²) in [5.41, 5.74) is 1.31. The fourth-order valence-corrected chi connectivity index (χ4v) is 1.33. The molecule has 2 rings (SSSR count). The van der Waals surface area contributed by atoms with Gasteiger partial charge in [-0.25, -0.2) is 8.78 Å². The van der Waals surface area contributed by atoms with Crippen LogP contribution in [0.5, 0.6) is 5.75 Å². The molecule has 0 fully saturated rings. The number of aromatic hydroxyl groups is 1. The Kier molecular flexibility index (Phi) is 2.37. The first-order chi connectivity index (χ1) is 7.16. The summed E-state index contributed by atoms with van der Waals surface area (Å²) in [5.74, 6) is -1.60. The van der Waals surface area contributed by atoms with Crippen LogP contribution in [-0.2, 0) is 0 Å². The molecule has 2 aromatic carbocycles. The molecule has 0 aliphatic rings. The molecule has 0 spiro atoms. The number of hydrogen-bond donors (Lipinski definition) is 1. The van der Waals surface area contributed by atoms with Crippen LogP contribution < -0.4 is 0 Å². The van der Waals surface area contributed by atoms with E-state index in [0.29, 0.717) is 5.56 Å². The predicted octanol–water partition coefficient (Wildman–Crippen LogP) is 3.34. The summed E-state index contributed by atoms with van der Waals surface area (Å²) < 4.78 is 25.6. The summed E-state index contributed by atoms with van der Waals surface area (Å²) >= 11 is 0. The monoisotopic (exact) mass is 206 g/mol. The van der Waals surface area contributed by atoms with Gasteiger partial charge >= 0.3 is 0 Å². The molecule has 1 nitrogen and oxygen atoms in total. The molecule has 3 heteroatoms. The highest BCUT2D eigenvalue weighted by molar-refractivity contribution is 5.64. The molecule has 0 saturated carbocycles. The molecule has 0 saturated heterocycles. The largest absolute Gasteiger partial charge is 0.508 e. The molecule has 0 bridgehead atoms. The Hall–Kier alpha value is -1.90. The Morgan fingerprint density at radius 3 is 1.93 bits per heavy atom. The molecule has 0 atom stereocenters. The fraction of sp³-hybridized carbons (Fsp3) is 0. The van der Waals surface area contributed by atoms with Gasteiger partial charge in [0.1, 0.15) is 5.75 Å². The normalized spacial score (nSPS) is 10.3. The molecule has 0 aliphatic carbocycles. The molecule has 0 aliphatic heterocycles. The summed E-state index contributed by atoms with van der Waals surface area (Å²) in [5, 5.41) is 9.07. The van der Waals surface area contributed by atoms with E-state index in [2.05, 4.69) is 0 Å². The molecule has 0 radical (unpaired) electrons. The highest BCUT2D eigenvalue weighted by Crippen LogP contribution is 2.23. The van der Waals surface area contributed by atoms with E-state index in [1.807, 2.05) is 0 Å². The lowest BCUT2D eigenvalue weighted by Gasteiger charge is -2.02. The zero-order chi connectivity index (χ0) is 10.8. The third kappa shape index (κ3) is 1.96. The van der Waals surface area contributed by atoms with Gasteiger partial charge in [-0.3, -0.25) is 0 Å². The van der Waals surface area contributed by atoms with E-state index in [0.717, 1.165) is 17.7 Å². The highest BCUT2D eigenvalue weighted by Gasteiger charge is 2.03. The van der Waals surface area contributed by atoms with E-state index in [-0.39, 0.29) is 5.75 Å². The maximum absolute atomic E-state index is 12.9.